The van der Waals surface area contributed by atoms with Gasteiger partial charge in [0.1, 0.15) is 5.82 Å². The maximum atomic E-state index is 12.2. The Labute approximate surface area is 145 Å². The molecule has 0 aliphatic rings. The highest BCUT2D eigenvalue weighted by Crippen LogP contribution is 2.18. The Morgan fingerprint density at radius 2 is 1.88 bits per heavy atom. The van der Waals surface area contributed by atoms with Gasteiger partial charge >= 0.3 is 6.18 Å². The molecule has 0 saturated heterocycles. The van der Waals surface area contributed by atoms with E-state index >= 15 is 0 Å². The molecule has 0 amide bonds. The van der Waals surface area contributed by atoms with Crippen LogP contribution in [0.5, 0.6) is 0 Å². The number of nitrogens with zero attached hydrogens (tertiary/aromatic N) is 3. The maximum absolute atomic E-state index is 12.2. The normalized spacial score (nSPS) is 12.2. The minimum absolute atomic E-state index is 0.203. The lowest BCUT2D eigenvalue weighted by Gasteiger charge is -2.13. The highest BCUT2D eigenvalue weighted by molar-refractivity contribution is 5.79. The summed E-state index contributed by atoms with van der Waals surface area (Å²) in [6, 6.07) is 10.1. The van der Waals surface area contributed by atoms with Crippen molar-refractivity contribution in [3.63, 3.8) is 0 Å². The molecule has 136 valence electrons. The van der Waals surface area contributed by atoms with E-state index in [1.165, 1.54) is 12.6 Å². The molecule has 0 aliphatic heterocycles. The number of rotatable bonds is 7. The number of aliphatic imine (C=N–C) groups is 1. The van der Waals surface area contributed by atoms with E-state index in [0.717, 1.165) is 12.4 Å². The van der Waals surface area contributed by atoms with Gasteiger partial charge in [0.2, 0.25) is 0 Å². The van der Waals surface area contributed by atoms with Crippen LogP contribution < -0.4 is 10.6 Å². The van der Waals surface area contributed by atoms with Crippen molar-refractivity contribution >= 4 is 5.96 Å². The van der Waals surface area contributed by atoms with Crippen LogP contribution in [0.4, 0.5) is 13.2 Å². The highest BCUT2D eigenvalue weighted by Gasteiger charge is 2.26. The Balaban J connectivity index is 1.79. The lowest BCUT2D eigenvalue weighted by molar-refractivity contribution is -0.132. The van der Waals surface area contributed by atoms with Crippen LogP contribution in [-0.2, 0) is 13.0 Å². The van der Waals surface area contributed by atoms with Crippen molar-refractivity contribution in [3.05, 3.63) is 54.1 Å². The average molecular weight is 353 g/mol. The molecule has 0 spiro atoms. The number of halogens is 3. The van der Waals surface area contributed by atoms with Crippen molar-refractivity contribution < 1.29 is 13.2 Å². The second-order valence-corrected chi connectivity index (χ2v) is 5.50. The molecule has 2 rings (SSSR count). The fraction of sp³-hybridized carbons (Fsp3) is 0.412. The first-order valence-corrected chi connectivity index (χ1v) is 8.03. The van der Waals surface area contributed by atoms with Gasteiger partial charge in [-0.15, -0.1) is 0 Å². The van der Waals surface area contributed by atoms with Gasteiger partial charge in [0, 0.05) is 45.5 Å². The molecule has 0 saturated carbocycles. The number of imidazole rings is 1. The number of hydrogen-bond acceptors (Lipinski definition) is 2. The van der Waals surface area contributed by atoms with E-state index < -0.39 is 12.6 Å². The Morgan fingerprint density at radius 3 is 2.56 bits per heavy atom. The van der Waals surface area contributed by atoms with E-state index in [1.807, 2.05) is 24.4 Å². The standard InChI is InChI=1S/C17H22F3N5/c1-21-16(24-10-8-17(18,19)20)23-9-7-15-22-11-12-25(15)13-14-5-3-2-4-6-14/h2-6,11-12H,7-10,13H2,1H3,(H2,21,23,24). The van der Waals surface area contributed by atoms with Gasteiger partial charge in [-0.2, -0.15) is 13.2 Å². The van der Waals surface area contributed by atoms with Gasteiger partial charge < -0.3 is 15.2 Å². The van der Waals surface area contributed by atoms with E-state index in [2.05, 4.69) is 37.3 Å². The number of nitrogens with one attached hydrogen (secondary N) is 2. The minimum Gasteiger partial charge on any atom is -0.356 e. The summed E-state index contributed by atoms with van der Waals surface area (Å²) in [5.74, 6) is 1.26. The quantitative estimate of drug-likeness (QED) is 0.594. The van der Waals surface area contributed by atoms with Crippen LogP contribution in [0.2, 0.25) is 0 Å². The second-order valence-electron chi connectivity index (χ2n) is 5.50. The number of aromatic nitrogens is 2. The van der Waals surface area contributed by atoms with Crippen LogP contribution in [0.1, 0.15) is 17.8 Å². The van der Waals surface area contributed by atoms with Gasteiger partial charge in [0.15, 0.2) is 5.96 Å². The molecule has 8 heteroatoms. The molecule has 0 fully saturated rings. The Hall–Kier alpha value is -2.51. The average Bonchev–Trinajstić information content (AvgIpc) is 3.00. The van der Waals surface area contributed by atoms with E-state index in [1.54, 1.807) is 6.20 Å². The number of benzene rings is 1. The summed E-state index contributed by atoms with van der Waals surface area (Å²) in [4.78, 5) is 8.26. The summed E-state index contributed by atoms with van der Waals surface area (Å²) in [5.41, 5.74) is 1.18. The van der Waals surface area contributed by atoms with Crippen LogP contribution >= 0.6 is 0 Å². The third-order valence-corrected chi connectivity index (χ3v) is 3.56. The number of hydrogen-bond donors (Lipinski definition) is 2. The molecule has 2 N–H and O–H groups in total. The molecule has 0 unspecified atom stereocenters. The molecule has 25 heavy (non-hydrogen) atoms. The summed E-state index contributed by atoms with van der Waals surface area (Å²) < 4.78 is 38.5. The fourth-order valence-corrected chi connectivity index (χ4v) is 2.33. The predicted molar refractivity (Wildman–Crippen MR) is 91.5 cm³/mol. The topological polar surface area (TPSA) is 54.2 Å². The molecule has 0 aliphatic carbocycles. The molecule has 1 heterocycles. The summed E-state index contributed by atoms with van der Waals surface area (Å²) in [6.45, 7) is 1.05. The SMILES string of the molecule is CN=C(NCCc1nccn1Cc1ccccc1)NCCC(F)(F)F. The van der Waals surface area contributed by atoms with Crippen molar-refractivity contribution in [3.8, 4) is 0 Å². The summed E-state index contributed by atoms with van der Waals surface area (Å²) in [7, 11) is 1.53. The summed E-state index contributed by atoms with van der Waals surface area (Å²) in [6.07, 6.45) is -0.767. The largest absolute Gasteiger partial charge is 0.390 e. The van der Waals surface area contributed by atoms with Gasteiger partial charge in [-0.25, -0.2) is 4.98 Å². The van der Waals surface area contributed by atoms with E-state index in [9.17, 15) is 13.2 Å². The third-order valence-electron chi connectivity index (χ3n) is 3.56. The first kappa shape index (κ1) is 18.8. The lowest BCUT2D eigenvalue weighted by Crippen LogP contribution is -2.39. The minimum atomic E-state index is -4.17. The highest BCUT2D eigenvalue weighted by atomic mass is 19.4. The Bertz CT molecular complexity index is 664. The zero-order valence-corrected chi connectivity index (χ0v) is 14.1. The van der Waals surface area contributed by atoms with Crippen LogP contribution in [0, 0.1) is 0 Å². The third kappa shape index (κ3) is 6.86. The van der Waals surface area contributed by atoms with Crippen LogP contribution in [0.25, 0.3) is 0 Å². The van der Waals surface area contributed by atoms with Crippen molar-refractivity contribution in [1.29, 1.82) is 0 Å². The lowest BCUT2D eigenvalue weighted by atomic mass is 10.2. The van der Waals surface area contributed by atoms with E-state index in [-0.39, 0.29) is 6.54 Å². The van der Waals surface area contributed by atoms with Crippen LogP contribution in [0.15, 0.2) is 47.7 Å². The van der Waals surface area contributed by atoms with Crippen molar-refractivity contribution in [1.82, 2.24) is 20.2 Å². The molecule has 1 aromatic heterocycles. The summed E-state index contributed by atoms with van der Waals surface area (Å²) in [5, 5.41) is 5.66. The molecule has 5 nitrogen and oxygen atoms in total. The van der Waals surface area contributed by atoms with E-state index in [0.29, 0.717) is 18.9 Å². The van der Waals surface area contributed by atoms with Gasteiger partial charge in [0.05, 0.1) is 6.42 Å². The monoisotopic (exact) mass is 353 g/mol. The molecular formula is C17H22F3N5. The second kappa shape index (κ2) is 9.10. The Kier molecular flexibility index (Phi) is 6.85. The predicted octanol–water partition coefficient (Wildman–Crippen LogP) is 2.59. The van der Waals surface area contributed by atoms with Gasteiger partial charge in [-0.3, -0.25) is 4.99 Å². The number of alkyl halides is 3. The number of guanidine groups is 1. The molecule has 0 bridgehead atoms. The van der Waals surface area contributed by atoms with Crippen molar-refractivity contribution in [2.75, 3.05) is 20.1 Å². The molecule has 2 aromatic rings. The van der Waals surface area contributed by atoms with Gasteiger partial charge in [-0.05, 0) is 5.56 Å². The van der Waals surface area contributed by atoms with Crippen LogP contribution in [-0.4, -0.2) is 41.8 Å². The van der Waals surface area contributed by atoms with Gasteiger partial charge in [0.25, 0.3) is 0 Å². The zero-order valence-electron chi connectivity index (χ0n) is 14.1. The maximum Gasteiger partial charge on any atom is 0.390 e. The van der Waals surface area contributed by atoms with Crippen LogP contribution in [0.3, 0.4) is 0 Å². The Morgan fingerprint density at radius 1 is 1.16 bits per heavy atom. The first-order chi connectivity index (χ1) is 12.0. The first-order valence-electron chi connectivity index (χ1n) is 8.03. The summed E-state index contributed by atoms with van der Waals surface area (Å²) >= 11 is 0. The molecule has 0 radical (unpaired) electrons. The molecule has 0 atom stereocenters. The van der Waals surface area contributed by atoms with E-state index in [4.69, 9.17) is 0 Å². The fourth-order valence-electron chi connectivity index (χ4n) is 2.33. The molecule has 1 aromatic carbocycles. The zero-order chi connectivity index (χ0) is 18.1. The van der Waals surface area contributed by atoms with Crippen molar-refractivity contribution in [2.24, 2.45) is 4.99 Å². The molecular weight excluding hydrogens is 331 g/mol. The van der Waals surface area contributed by atoms with Gasteiger partial charge in [-0.1, -0.05) is 30.3 Å². The smallest absolute Gasteiger partial charge is 0.356 e. The van der Waals surface area contributed by atoms with Crippen molar-refractivity contribution in [2.45, 2.75) is 25.6 Å².